The molecule has 19 heavy (non-hydrogen) atoms. The summed E-state index contributed by atoms with van der Waals surface area (Å²) in [5, 5.41) is 14.1. The summed E-state index contributed by atoms with van der Waals surface area (Å²) in [6, 6.07) is 4.09. The lowest BCUT2D eigenvalue weighted by Gasteiger charge is -2.23. The lowest BCUT2D eigenvalue weighted by molar-refractivity contribution is 0.0944. The zero-order valence-electron chi connectivity index (χ0n) is 10.6. The van der Waals surface area contributed by atoms with Crippen LogP contribution in [0.3, 0.4) is 0 Å². The van der Waals surface area contributed by atoms with E-state index < -0.39 is 17.1 Å². The predicted octanol–water partition coefficient (Wildman–Crippen LogP) is 2.09. The summed E-state index contributed by atoms with van der Waals surface area (Å²) in [5.74, 6) is -0.927. The number of nitrogens with one attached hydrogen (secondary N) is 1. The number of hydrogen-bond acceptors (Lipinski definition) is 3. The number of nitrogens with two attached hydrogens (primary N) is 1. The maximum atomic E-state index is 13.3. The lowest BCUT2D eigenvalue weighted by Crippen LogP contribution is -2.42. The molecule has 0 aliphatic rings. The van der Waals surface area contributed by atoms with Gasteiger partial charge in [-0.3, -0.25) is 4.79 Å². The zero-order valence-corrected chi connectivity index (χ0v) is 12.2. The molecule has 1 aromatic rings. The molecule has 0 bridgehead atoms. The SMILES string of the molecule is CC(C)(CNC(=O)c1ccc(Br)c(F)c1)/C(N)=N/O. The number of carbonyl (C=O) groups is 1. The molecule has 0 saturated carbocycles. The Hall–Kier alpha value is -1.63. The van der Waals surface area contributed by atoms with Gasteiger partial charge in [0.25, 0.3) is 5.91 Å². The van der Waals surface area contributed by atoms with Gasteiger partial charge in [-0.2, -0.15) is 0 Å². The van der Waals surface area contributed by atoms with Gasteiger partial charge in [0, 0.05) is 17.5 Å². The van der Waals surface area contributed by atoms with E-state index in [4.69, 9.17) is 10.9 Å². The Bertz CT molecular complexity index is 518. The van der Waals surface area contributed by atoms with Gasteiger partial charge in [-0.1, -0.05) is 19.0 Å². The first-order valence-corrected chi connectivity index (χ1v) is 6.28. The quantitative estimate of drug-likeness (QED) is 0.341. The first kappa shape index (κ1) is 15.4. The van der Waals surface area contributed by atoms with Crippen molar-refractivity contribution in [3.05, 3.63) is 34.1 Å². The molecule has 0 aliphatic heterocycles. The van der Waals surface area contributed by atoms with Crippen molar-refractivity contribution in [2.24, 2.45) is 16.3 Å². The maximum Gasteiger partial charge on any atom is 0.251 e. The Morgan fingerprint density at radius 2 is 2.21 bits per heavy atom. The Morgan fingerprint density at radius 3 is 2.74 bits per heavy atom. The molecular weight excluding hydrogens is 317 g/mol. The van der Waals surface area contributed by atoms with Gasteiger partial charge in [-0.05, 0) is 34.1 Å². The minimum absolute atomic E-state index is 0.00906. The highest BCUT2D eigenvalue weighted by Gasteiger charge is 2.24. The molecule has 1 amide bonds. The fourth-order valence-electron chi connectivity index (χ4n) is 1.27. The van der Waals surface area contributed by atoms with Crippen LogP contribution >= 0.6 is 15.9 Å². The molecular formula is C12H15BrFN3O2. The summed E-state index contributed by atoms with van der Waals surface area (Å²) in [6.45, 7) is 3.59. The van der Waals surface area contributed by atoms with Crippen LogP contribution in [-0.2, 0) is 0 Å². The molecule has 1 rings (SSSR count). The topological polar surface area (TPSA) is 87.7 Å². The van der Waals surface area contributed by atoms with Crippen LogP contribution in [-0.4, -0.2) is 23.5 Å². The third-order valence-electron chi connectivity index (χ3n) is 2.67. The van der Waals surface area contributed by atoms with E-state index in [0.29, 0.717) is 4.47 Å². The molecule has 0 saturated heterocycles. The standard InChI is InChI=1S/C12H15BrFN3O2/c1-12(2,11(15)17-19)6-16-10(18)7-3-4-8(13)9(14)5-7/h3-5,19H,6H2,1-2H3,(H2,15,17)(H,16,18). The Labute approximate surface area is 118 Å². The molecule has 0 atom stereocenters. The maximum absolute atomic E-state index is 13.3. The van der Waals surface area contributed by atoms with Crippen molar-refractivity contribution in [3.8, 4) is 0 Å². The lowest BCUT2D eigenvalue weighted by atomic mass is 9.92. The summed E-state index contributed by atoms with van der Waals surface area (Å²) >= 11 is 3.01. The molecule has 1 aromatic carbocycles. The van der Waals surface area contributed by atoms with Crippen molar-refractivity contribution in [3.63, 3.8) is 0 Å². The van der Waals surface area contributed by atoms with Crippen LogP contribution in [0.25, 0.3) is 0 Å². The van der Waals surface area contributed by atoms with Crippen LogP contribution in [0.5, 0.6) is 0 Å². The molecule has 0 radical (unpaired) electrons. The van der Waals surface area contributed by atoms with Gasteiger partial charge in [-0.15, -0.1) is 0 Å². The zero-order chi connectivity index (χ0) is 14.6. The minimum atomic E-state index is -0.696. The van der Waals surface area contributed by atoms with E-state index in [1.807, 2.05) is 0 Å². The summed E-state index contributed by atoms with van der Waals surface area (Å²) in [6.07, 6.45) is 0. The fourth-order valence-corrected chi connectivity index (χ4v) is 1.51. The van der Waals surface area contributed by atoms with Crippen molar-refractivity contribution >= 4 is 27.7 Å². The van der Waals surface area contributed by atoms with Gasteiger partial charge in [0.2, 0.25) is 0 Å². The minimum Gasteiger partial charge on any atom is -0.409 e. The number of oxime groups is 1. The number of halogens is 2. The molecule has 0 unspecified atom stereocenters. The van der Waals surface area contributed by atoms with E-state index in [0.717, 1.165) is 6.07 Å². The van der Waals surface area contributed by atoms with Gasteiger partial charge in [-0.25, -0.2) is 4.39 Å². The number of carbonyl (C=O) groups excluding carboxylic acids is 1. The summed E-state index contributed by atoms with van der Waals surface area (Å²) < 4.78 is 13.6. The third kappa shape index (κ3) is 3.92. The number of nitrogens with zero attached hydrogens (tertiary/aromatic N) is 1. The van der Waals surface area contributed by atoms with E-state index in [1.54, 1.807) is 13.8 Å². The number of rotatable bonds is 4. The van der Waals surface area contributed by atoms with Gasteiger partial charge in [0.1, 0.15) is 11.7 Å². The van der Waals surface area contributed by atoms with E-state index in [9.17, 15) is 9.18 Å². The van der Waals surface area contributed by atoms with Crippen molar-refractivity contribution in [1.82, 2.24) is 5.32 Å². The number of hydrogen-bond donors (Lipinski definition) is 3. The van der Waals surface area contributed by atoms with Crippen LogP contribution < -0.4 is 11.1 Å². The largest absolute Gasteiger partial charge is 0.409 e. The summed E-state index contributed by atoms with van der Waals surface area (Å²) in [7, 11) is 0. The van der Waals surface area contributed by atoms with Crippen molar-refractivity contribution in [1.29, 1.82) is 0 Å². The molecule has 0 spiro atoms. The number of amidine groups is 1. The van der Waals surface area contributed by atoms with Crippen molar-refractivity contribution < 1.29 is 14.4 Å². The second-order valence-electron chi connectivity index (χ2n) is 4.68. The van der Waals surface area contributed by atoms with Gasteiger partial charge in [0.05, 0.1) is 4.47 Å². The molecule has 7 heteroatoms. The normalized spacial score (nSPS) is 12.3. The van der Waals surface area contributed by atoms with Crippen molar-refractivity contribution in [2.45, 2.75) is 13.8 Å². The van der Waals surface area contributed by atoms with Crippen LogP contribution in [0.2, 0.25) is 0 Å². The first-order valence-electron chi connectivity index (χ1n) is 5.49. The first-order chi connectivity index (χ1) is 8.77. The molecule has 0 fully saturated rings. The van der Waals surface area contributed by atoms with Crippen LogP contribution in [0, 0.1) is 11.2 Å². The van der Waals surface area contributed by atoms with Crippen LogP contribution in [0.15, 0.2) is 27.8 Å². The highest BCUT2D eigenvalue weighted by Crippen LogP contribution is 2.17. The predicted molar refractivity (Wildman–Crippen MR) is 73.6 cm³/mol. The molecule has 0 aromatic heterocycles. The van der Waals surface area contributed by atoms with E-state index in [-0.39, 0.29) is 17.9 Å². The van der Waals surface area contributed by atoms with E-state index in [2.05, 4.69) is 26.4 Å². The monoisotopic (exact) mass is 331 g/mol. The Kier molecular flexibility index (Phi) is 4.88. The second-order valence-corrected chi connectivity index (χ2v) is 5.54. The van der Waals surface area contributed by atoms with Gasteiger partial charge in [0.15, 0.2) is 0 Å². The Balaban J connectivity index is 2.73. The van der Waals surface area contributed by atoms with Gasteiger partial charge < -0.3 is 16.3 Å². The third-order valence-corrected chi connectivity index (χ3v) is 3.32. The highest BCUT2D eigenvalue weighted by atomic mass is 79.9. The van der Waals surface area contributed by atoms with Crippen molar-refractivity contribution in [2.75, 3.05) is 6.54 Å². The molecule has 104 valence electrons. The second kappa shape index (κ2) is 6.01. The van der Waals surface area contributed by atoms with Crippen LogP contribution in [0.1, 0.15) is 24.2 Å². The average Bonchev–Trinajstić information content (AvgIpc) is 2.38. The smallest absolute Gasteiger partial charge is 0.251 e. The number of amides is 1. The molecule has 0 heterocycles. The molecule has 4 N–H and O–H groups in total. The average molecular weight is 332 g/mol. The summed E-state index contributed by atoms with van der Waals surface area (Å²) in [4.78, 5) is 11.8. The van der Waals surface area contributed by atoms with E-state index in [1.165, 1.54) is 12.1 Å². The number of benzene rings is 1. The highest BCUT2D eigenvalue weighted by molar-refractivity contribution is 9.10. The molecule has 0 aliphatic carbocycles. The summed E-state index contributed by atoms with van der Waals surface area (Å²) in [5.41, 5.74) is 5.01. The fraction of sp³-hybridized carbons (Fsp3) is 0.333. The van der Waals surface area contributed by atoms with Gasteiger partial charge >= 0.3 is 0 Å². The Morgan fingerprint density at radius 1 is 1.58 bits per heavy atom. The van der Waals surface area contributed by atoms with E-state index >= 15 is 0 Å². The van der Waals surface area contributed by atoms with Crippen LogP contribution in [0.4, 0.5) is 4.39 Å². The molecule has 5 nitrogen and oxygen atoms in total.